The van der Waals surface area contributed by atoms with E-state index in [0.29, 0.717) is 36.3 Å². The minimum absolute atomic E-state index is 0.0566. The Bertz CT molecular complexity index is 1060. The molecule has 1 amide bonds. The Morgan fingerprint density at radius 3 is 3.00 bits per heavy atom. The van der Waals surface area contributed by atoms with Crippen molar-refractivity contribution in [2.45, 2.75) is 19.9 Å². The zero-order chi connectivity index (χ0) is 19.1. The van der Waals surface area contributed by atoms with E-state index >= 15 is 0 Å². The number of carbonyl (C=O) groups is 1. The van der Waals surface area contributed by atoms with E-state index in [4.69, 9.17) is 14.0 Å². The number of nitrogens with one attached hydrogen (secondary N) is 1. The van der Waals surface area contributed by atoms with Crippen LogP contribution >= 0.6 is 0 Å². The van der Waals surface area contributed by atoms with Gasteiger partial charge in [0.05, 0.1) is 6.54 Å². The van der Waals surface area contributed by atoms with Crippen molar-refractivity contribution in [2.24, 2.45) is 0 Å². The van der Waals surface area contributed by atoms with E-state index in [2.05, 4.69) is 15.5 Å². The monoisotopic (exact) mass is 378 g/mol. The van der Waals surface area contributed by atoms with E-state index in [1.807, 2.05) is 36.4 Å². The lowest BCUT2D eigenvalue weighted by Crippen LogP contribution is -2.25. The van der Waals surface area contributed by atoms with Crippen LogP contribution in [0.5, 0.6) is 11.5 Å². The van der Waals surface area contributed by atoms with Gasteiger partial charge in [-0.05, 0) is 36.8 Å². The summed E-state index contributed by atoms with van der Waals surface area (Å²) >= 11 is 0. The predicted octanol–water partition coefficient (Wildman–Crippen LogP) is 2.99. The maximum Gasteiger partial charge on any atom is 0.246 e. The zero-order valence-corrected chi connectivity index (χ0v) is 15.3. The lowest BCUT2D eigenvalue weighted by Gasteiger charge is -2.15. The average Bonchev–Trinajstić information content (AvgIpc) is 3.44. The van der Waals surface area contributed by atoms with Gasteiger partial charge in [0.1, 0.15) is 0 Å². The first-order valence-electron chi connectivity index (χ1n) is 9.05. The van der Waals surface area contributed by atoms with Crippen LogP contribution in [-0.2, 0) is 17.8 Å². The lowest BCUT2D eigenvalue weighted by molar-refractivity contribution is -0.116. The molecule has 0 spiro atoms. The number of hydrogen-bond donors (Lipinski definition) is 1. The Morgan fingerprint density at radius 2 is 2.11 bits per heavy atom. The van der Waals surface area contributed by atoms with E-state index in [-0.39, 0.29) is 12.7 Å². The fourth-order valence-electron chi connectivity index (χ4n) is 3.58. The standard InChI is InChI=1S/C20H18N4O4/c1-12(25)24-8-7-14-15(3-2-4-16(14)24)21-10-19-22-20(23-28-19)13-5-6-17-18(9-13)27-11-26-17/h2-6,9,21H,7-8,10-11H2,1H3. The highest BCUT2D eigenvalue weighted by Crippen LogP contribution is 2.36. The predicted molar refractivity (Wildman–Crippen MR) is 101 cm³/mol. The molecule has 2 aliphatic rings. The van der Waals surface area contributed by atoms with Crippen LogP contribution in [0.4, 0.5) is 11.4 Å². The molecule has 142 valence electrons. The number of carbonyl (C=O) groups excluding carboxylic acids is 1. The lowest BCUT2D eigenvalue weighted by atomic mass is 10.1. The van der Waals surface area contributed by atoms with Crippen LogP contribution in [0.25, 0.3) is 11.4 Å². The highest BCUT2D eigenvalue weighted by molar-refractivity contribution is 5.95. The topological polar surface area (TPSA) is 89.7 Å². The molecule has 0 fully saturated rings. The van der Waals surface area contributed by atoms with Gasteiger partial charge in [-0.25, -0.2) is 0 Å². The van der Waals surface area contributed by atoms with Crippen LogP contribution in [-0.4, -0.2) is 29.4 Å². The third kappa shape index (κ3) is 2.83. The van der Waals surface area contributed by atoms with Crippen molar-refractivity contribution in [3.8, 4) is 22.9 Å². The number of aromatic nitrogens is 2. The minimum atomic E-state index is 0.0566. The van der Waals surface area contributed by atoms with Gasteiger partial charge >= 0.3 is 0 Å². The summed E-state index contributed by atoms with van der Waals surface area (Å²) in [5.41, 5.74) is 3.87. The molecule has 28 heavy (non-hydrogen) atoms. The molecule has 0 unspecified atom stereocenters. The van der Waals surface area contributed by atoms with Crippen molar-refractivity contribution in [3.05, 3.63) is 47.9 Å². The zero-order valence-electron chi connectivity index (χ0n) is 15.3. The second-order valence-electron chi connectivity index (χ2n) is 6.66. The Morgan fingerprint density at radius 1 is 1.21 bits per heavy atom. The van der Waals surface area contributed by atoms with Gasteiger partial charge < -0.3 is 24.2 Å². The van der Waals surface area contributed by atoms with Crippen molar-refractivity contribution < 1.29 is 18.8 Å². The molecule has 2 aromatic carbocycles. The SMILES string of the molecule is CC(=O)N1CCc2c(NCc3nc(-c4ccc5c(c4)OCO5)no3)cccc21. The number of benzene rings is 2. The molecule has 0 atom stereocenters. The third-order valence-electron chi connectivity index (χ3n) is 4.94. The second-order valence-corrected chi connectivity index (χ2v) is 6.66. The average molecular weight is 378 g/mol. The molecule has 8 nitrogen and oxygen atoms in total. The molecule has 1 N–H and O–H groups in total. The number of ether oxygens (including phenoxy) is 2. The molecule has 0 aliphatic carbocycles. The van der Waals surface area contributed by atoms with Gasteiger partial charge in [-0.1, -0.05) is 11.2 Å². The van der Waals surface area contributed by atoms with Gasteiger partial charge in [-0.2, -0.15) is 4.98 Å². The van der Waals surface area contributed by atoms with Crippen LogP contribution in [0.1, 0.15) is 18.4 Å². The Labute approximate surface area is 161 Å². The maximum atomic E-state index is 11.8. The number of hydrogen-bond acceptors (Lipinski definition) is 7. The maximum absolute atomic E-state index is 11.8. The summed E-state index contributed by atoms with van der Waals surface area (Å²) in [6.07, 6.45) is 0.824. The third-order valence-corrected chi connectivity index (χ3v) is 4.94. The first kappa shape index (κ1) is 16.6. The van der Waals surface area contributed by atoms with E-state index < -0.39 is 0 Å². The Kier molecular flexibility index (Phi) is 3.89. The molecule has 0 bridgehead atoms. The number of nitrogens with zero attached hydrogens (tertiary/aromatic N) is 3. The molecular formula is C20H18N4O4. The highest BCUT2D eigenvalue weighted by Gasteiger charge is 2.24. The van der Waals surface area contributed by atoms with E-state index in [0.717, 1.165) is 28.9 Å². The summed E-state index contributed by atoms with van der Waals surface area (Å²) < 4.78 is 16.1. The molecule has 0 saturated heterocycles. The van der Waals surface area contributed by atoms with Gasteiger partial charge in [-0.15, -0.1) is 0 Å². The van der Waals surface area contributed by atoms with Gasteiger partial charge in [-0.3, -0.25) is 4.79 Å². The second kappa shape index (κ2) is 6.56. The molecule has 3 heterocycles. The molecule has 8 heteroatoms. The van der Waals surface area contributed by atoms with Crippen LogP contribution < -0.4 is 19.7 Å². The fraction of sp³-hybridized carbons (Fsp3) is 0.250. The minimum Gasteiger partial charge on any atom is -0.454 e. The quantitative estimate of drug-likeness (QED) is 0.746. The van der Waals surface area contributed by atoms with Gasteiger partial charge in [0.25, 0.3) is 0 Å². The van der Waals surface area contributed by atoms with Gasteiger partial charge in [0, 0.05) is 36.0 Å². The molecule has 2 aliphatic heterocycles. The number of anilines is 2. The first-order valence-corrected chi connectivity index (χ1v) is 9.05. The molecule has 0 saturated carbocycles. The number of rotatable bonds is 4. The number of amides is 1. The van der Waals surface area contributed by atoms with E-state index in [9.17, 15) is 4.79 Å². The van der Waals surface area contributed by atoms with Crippen molar-refractivity contribution >= 4 is 17.3 Å². The van der Waals surface area contributed by atoms with Crippen LogP contribution in [0.2, 0.25) is 0 Å². The molecule has 1 aromatic heterocycles. The van der Waals surface area contributed by atoms with Gasteiger partial charge in [0.15, 0.2) is 11.5 Å². The van der Waals surface area contributed by atoms with Crippen LogP contribution in [0, 0.1) is 0 Å². The first-order chi connectivity index (χ1) is 13.7. The summed E-state index contributed by atoms with van der Waals surface area (Å²) in [7, 11) is 0. The van der Waals surface area contributed by atoms with Crippen molar-refractivity contribution in [3.63, 3.8) is 0 Å². The van der Waals surface area contributed by atoms with Gasteiger partial charge in [0.2, 0.25) is 24.4 Å². The van der Waals surface area contributed by atoms with E-state index in [1.54, 1.807) is 11.8 Å². The summed E-state index contributed by atoms with van der Waals surface area (Å²) in [6, 6.07) is 11.5. The van der Waals surface area contributed by atoms with Crippen LogP contribution in [0.3, 0.4) is 0 Å². The molecule has 0 radical (unpaired) electrons. The normalized spacial score (nSPS) is 14.2. The van der Waals surface area contributed by atoms with E-state index in [1.165, 1.54) is 0 Å². The Hall–Kier alpha value is -3.55. The fourth-order valence-corrected chi connectivity index (χ4v) is 3.58. The Balaban J connectivity index is 1.32. The molecular weight excluding hydrogens is 360 g/mol. The largest absolute Gasteiger partial charge is 0.454 e. The van der Waals surface area contributed by atoms with Crippen LogP contribution in [0.15, 0.2) is 40.9 Å². The molecule has 3 aromatic rings. The van der Waals surface area contributed by atoms with Crippen molar-refractivity contribution in [1.82, 2.24) is 10.1 Å². The molecule has 5 rings (SSSR count). The van der Waals surface area contributed by atoms with Crippen molar-refractivity contribution in [1.29, 1.82) is 0 Å². The summed E-state index contributed by atoms with van der Waals surface area (Å²) in [4.78, 5) is 18.0. The smallest absolute Gasteiger partial charge is 0.246 e. The van der Waals surface area contributed by atoms with Crippen molar-refractivity contribution in [2.75, 3.05) is 23.6 Å². The summed E-state index contributed by atoms with van der Waals surface area (Å²) in [5.74, 6) is 2.42. The summed E-state index contributed by atoms with van der Waals surface area (Å²) in [6.45, 7) is 2.92. The highest BCUT2D eigenvalue weighted by atomic mass is 16.7. The summed E-state index contributed by atoms with van der Waals surface area (Å²) in [5, 5.41) is 7.40. The number of fused-ring (bicyclic) bond motifs is 2.